The average Bonchev–Trinajstić information content (AvgIpc) is 1.64. The van der Waals surface area contributed by atoms with Gasteiger partial charge in [-0.25, -0.2) is 0 Å². The van der Waals surface area contributed by atoms with Crippen LogP contribution in [0.2, 0.25) is 0 Å². The smallest absolute Gasteiger partial charge is 0.150 e. The van der Waals surface area contributed by atoms with Crippen LogP contribution in [0, 0.1) is 0 Å². The second-order valence-corrected chi connectivity index (χ2v) is 1.84. The Bertz CT molecular complexity index is 143. The molecule has 44 valence electrons. The van der Waals surface area contributed by atoms with Gasteiger partial charge in [0.15, 0.2) is 5.76 Å². The summed E-state index contributed by atoms with van der Waals surface area (Å²) in [5, 5.41) is 8.67. The Kier molecular flexibility index (Phi) is 1.39. The zero-order chi connectivity index (χ0) is 5.98. The van der Waals surface area contributed by atoms with Gasteiger partial charge in [0.2, 0.25) is 0 Å². The van der Waals surface area contributed by atoms with Gasteiger partial charge in [-0.15, -0.1) is 0 Å². The first-order valence-electron chi connectivity index (χ1n) is 2.12. The molecular weight excluding hydrogens is 128 g/mol. The molecule has 3 nitrogen and oxygen atoms in total. The fourth-order valence-corrected chi connectivity index (χ4v) is 0.592. The summed E-state index contributed by atoms with van der Waals surface area (Å²) < 4.78 is 1.27. The molecule has 0 atom stereocenters. The summed E-state index contributed by atoms with van der Waals surface area (Å²) in [6, 6.07) is 0. The fourth-order valence-electron chi connectivity index (χ4n) is 0.430. The van der Waals surface area contributed by atoms with Crippen molar-refractivity contribution in [3.8, 4) is 0 Å². The lowest BCUT2D eigenvalue weighted by Gasteiger charge is -2.09. The van der Waals surface area contributed by atoms with Gasteiger partial charge >= 0.3 is 0 Å². The first kappa shape index (κ1) is 5.44. The van der Waals surface area contributed by atoms with Crippen LogP contribution >= 0.6 is 11.8 Å². The van der Waals surface area contributed by atoms with E-state index in [1.165, 1.54) is 16.8 Å². The van der Waals surface area contributed by atoms with Gasteiger partial charge in [0.25, 0.3) is 0 Å². The van der Waals surface area contributed by atoms with Gasteiger partial charge in [-0.1, -0.05) is 0 Å². The Morgan fingerprint density at radius 3 is 3.00 bits per heavy atom. The summed E-state index contributed by atoms with van der Waals surface area (Å²) in [7, 11) is 0. The summed E-state index contributed by atoms with van der Waals surface area (Å²) >= 11 is 5.39. The molecule has 0 radical (unpaired) electrons. The molecule has 1 N–H and O–H groups in total. The van der Waals surface area contributed by atoms with Crippen molar-refractivity contribution in [3.63, 3.8) is 0 Å². The van der Waals surface area contributed by atoms with Crippen molar-refractivity contribution < 1.29 is 5.11 Å². The molecule has 0 saturated carbocycles. The minimum Gasteiger partial charge on any atom is -0.505 e. The zero-order valence-electron chi connectivity index (χ0n) is 4.08. The molecule has 1 aliphatic heterocycles. The summed E-state index contributed by atoms with van der Waals surface area (Å²) in [4.78, 5) is 3.69. The lowest BCUT2D eigenvalue weighted by molar-refractivity contribution is 0.422. The Labute approximate surface area is 52.0 Å². The van der Waals surface area contributed by atoms with E-state index in [2.05, 4.69) is 4.99 Å². The predicted molar refractivity (Wildman–Crippen MR) is 31.8 cm³/mol. The highest BCUT2D eigenvalue weighted by Gasteiger charge is 1.98. The predicted octanol–water partition coefficient (Wildman–Crippen LogP) is 0.883. The molecule has 0 aromatic rings. The fraction of sp³-hybridized carbons (Fsp3) is 0.250. The van der Waals surface area contributed by atoms with E-state index in [-0.39, 0.29) is 5.76 Å². The van der Waals surface area contributed by atoms with E-state index in [0.717, 1.165) is 0 Å². The first-order valence-corrected chi connectivity index (χ1v) is 2.46. The highest BCUT2D eigenvalue weighted by atomic mass is 35.5. The van der Waals surface area contributed by atoms with Crippen molar-refractivity contribution in [3.05, 3.63) is 12.0 Å². The quantitative estimate of drug-likeness (QED) is 0.497. The third-order valence-electron chi connectivity index (χ3n) is 0.713. The lowest BCUT2D eigenvalue weighted by Crippen LogP contribution is -2.09. The van der Waals surface area contributed by atoms with Crippen LogP contribution < -0.4 is 0 Å². The van der Waals surface area contributed by atoms with Crippen LogP contribution in [0.25, 0.3) is 0 Å². The van der Waals surface area contributed by atoms with Crippen LogP contribution in [-0.4, -0.2) is 22.4 Å². The van der Waals surface area contributed by atoms with Crippen molar-refractivity contribution in [1.29, 1.82) is 0 Å². The third kappa shape index (κ3) is 1.13. The van der Waals surface area contributed by atoms with E-state index in [9.17, 15) is 0 Å². The van der Waals surface area contributed by atoms with Gasteiger partial charge in [0.1, 0.15) is 6.67 Å². The van der Waals surface area contributed by atoms with Crippen molar-refractivity contribution in [1.82, 2.24) is 4.42 Å². The zero-order valence-corrected chi connectivity index (χ0v) is 4.84. The van der Waals surface area contributed by atoms with Crippen molar-refractivity contribution in [2.45, 2.75) is 0 Å². The molecule has 0 aliphatic carbocycles. The topological polar surface area (TPSA) is 35.8 Å². The molecule has 1 heterocycles. The van der Waals surface area contributed by atoms with Gasteiger partial charge in [-0.3, -0.25) is 9.41 Å². The van der Waals surface area contributed by atoms with E-state index in [1.807, 2.05) is 0 Å². The maximum Gasteiger partial charge on any atom is 0.150 e. The second-order valence-electron chi connectivity index (χ2n) is 1.41. The van der Waals surface area contributed by atoms with E-state index in [4.69, 9.17) is 16.9 Å². The SMILES string of the molecule is OC1=CN(Cl)CN=C1. The molecule has 0 aromatic heterocycles. The van der Waals surface area contributed by atoms with E-state index < -0.39 is 0 Å². The number of hydrogen-bond acceptors (Lipinski definition) is 3. The van der Waals surface area contributed by atoms with Gasteiger partial charge in [0.05, 0.1) is 12.4 Å². The second kappa shape index (κ2) is 2.05. The maximum absolute atomic E-state index is 8.67. The molecule has 1 aliphatic rings. The summed E-state index contributed by atoms with van der Waals surface area (Å²) in [5.74, 6) is 0.0891. The number of allylic oxidation sites excluding steroid dienone is 1. The summed E-state index contributed by atoms with van der Waals surface area (Å²) in [6.45, 7) is 0.408. The van der Waals surface area contributed by atoms with Crippen molar-refractivity contribution >= 4 is 18.0 Å². The molecule has 4 heteroatoms. The number of nitrogens with zero attached hydrogens (tertiary/aromatic N) is 2. The number of aliphatic hydroxyl groups excluding tert-OH is 1. The summed E-state index contributed by atoms with van der Waals surface area (Å²) in [5.41, 5.74) is 0. The van der Waals surface area contributed by atoms with Crippen LogP contribution in [0.3, 0.4) is 0 Å². The number of hydrogen-bond donors (Lipinski definition) is 1. The Morgan fingerprint density at radius 2 is 2.62 bits per heavy atom. The molecule has 0 unspecified atom stereocenters. The minimum atomic E-state index is 0.0891. The van der Waals surface area contributed by atoms with Gasteiger partial charge in [0, 0.05) is 11.8 Å². The Morgan fingerprint density at radius 1 is 1.88 bits per heavy atom. The highest BCUT2D eigenvalue weighted by molar-refractivity contribution is 6.14. The molecule has 0 aromatic carbocycles. The number of rotatable bonds is 0. The largest absolute Gasteiger partial charge is 0.505 e. The molecule has 0 fully saturated rings. The van der Waals surface area contributed by atoms with Gasteiger partial charge in [-0.05, 0) is 0 Å². The van der Waals surface area contributed by atoms with Crippen LogP contribution in [0.15, 0.2) is 17.0 Å². The maximum atomic E-state index is 8.67. The monoisotopic (exact) mass is 132 g/mol. The third-order valence-corrected chi connectivity index (χ3v) is 0.917. The average molecular weight is 133 g/mol. The first-order chi connectivity index (χ1) is 3.79. The Hall–Kier alpha value is -0.700. The molecule has 0 amide bonds. The number of aliphatic imine (C=N–C) groups is 1. The minimum absolute atomic E-state index is 0.0891. The molecule has 0 bridgehead atoms. The van der Waals surface area contributed by atoms with Crippen LogP contribution in [0.1, 0.15) is 0 Å². The van der Waals surface area contributed by atoms with Crippen LogP contribution in [-0.2, 0) is 0 Å². The van der Waals surface area contributed by atoms with Crippen LogP contribution in [0.4, 0.5) is 0 Å². The molecule has 8 heavy (non-hydrogen) atoms. The number of aliphatic hydroxyl groups is 1. The normalized spacial score (nSPS) is 18.6. The van der Waals surface area contributed by atoms with Crippen molar-refractivity contribution in [2.75, 3.05) is 6.67 Å². The number of halogens is 1. The highest BCUT2D eigenvalue weighted by Crippen LogP contribution is 2.01. The van der Waals surface area contributed by atoms with E-state index in [0.29, 0.717) is 6.67 Å². The van der Waals surface area contributed by atoms with Gasteiger partial charge in [-0.2, -0.15) is 0 Å². The van der Waals surface area contributed by atoms with Gasteiger partial charge < -0.3 is 5.11 Å². The van der Waals surface area contributed by atoms with Crippen molar-refractivity contribution in [2.24, 2.45) is 4.99 Å². The molecule has 1 rings (SSSR count). The summed E-state index contributed by atoms with van der Waals surface area (Å²) in [6.07, 6.45) is 2.76. The standard InChI is InChI=1S/C4H5ClN2O/c5-7-2-4(8)1-6-3-7/h1-2,8H,3H2. The molecule has 0 saturated heterocycles. The lowest BCUT2D eigenvalue weighted by atomic mass is 10.5. The van der Waals surface area contributed by atoms with E-state index in [1.54, 1.807) is 0 Å². The molecular formula is C4H5ClN2O. The van der Waals surface area contributed by atoms with E-state index >= 15 is 0 Å². The Balaban J connectivity index is 2.63. The molecule has 0 spiro atoms. The van der Waals surface area contributed by atoms with Crippen LogP contribution in [0.5, 0.6) is 0 Å².